The maximum absolute atomic E-state index is 11.5. The average Bonchev–Trinajstić information content (AvgIpc) is 3.15. The Kier molecular flexibility index (Phi) is 6.71. The Morgan fingerprint density at radius 1 is 1.50 bits per heavy atom. The number of rotatable bonds is 9. The van der Waals surface area contributed by atoms with Gasteiger partial charge in [0.1, 0.15) is 6.54 Å². The van der Waals surface area contributed by atoms with E-state index in [-0.39, 0.29) is 25.6 Å². The fourth-order valence-electron chi connectivity index (χ4n) is 3.06. The molecule has 124 valence electrons. The first-order valence-electron chi connectivity index (χ1n) is 8.34. The third kappa shape index (κ3) is 5.67. The van der Waals surface area contributed by atoms with Crippen LogP contribution in [0.1, 0.15) is 45.4 Å². The van der Waals surface area contributed by atoms with E-state index < -0.39 is 0 Å². The predicted molar refractivity (Wildman–Crippen MR) is 86.6 cm³/mol. The van der Waals surface area contributed by atoms with Crippen molar-refractivity contribution in [3.05, 3.63) is 12.4 Å². The number of carbonyl (C=O) groups is 1. The lowest BCUT2D eigenvalue weighted by Gasteiger charge is -2.16. The first-order valence-corrected chi connectivity index (χ1v) is 8.34. The van der Waals surface area contributed by atoms with E-state index in [1.165, 1.54) is 38.5 Å². The second kappa shape index (κ2) is 8.78. The first kappa shape index (κ1) is 16.8. The molecule has 22 heavy (non-hydrogen) atoms. The second-order valence-corrected chi connectivity index (χ2v) is 6.27. The van der Waals surface area contributed by atoms with Gasteiger partial charge in [-0.2, -0.15) is 5.10 Å². The van der Waals surface area contributed by atoms with Crippen LogP contribution in [0.3, 0.4) is 0 Å². The van der Waals surface area contributed by atoms with Crippen LogP contribution in [-0.4, -0.2) is 40.0 Å². The molecule has 0 radical (unpaired) electrons. The van der Waals surface area contributed by atoms with Crippen molar-refractivity contribution < 1.29 is 9.90 Å². The number of anilines is 1. The monoisotopic (exact) mass is 308 g/mol. The number of aromatic nitrogens is 2. The fourth-order valence-corrected chi connectivity index (χ4v) is 3.06. The van der Waals surface area contributed by atoms with Crippen molar-refractivity contribution in [1.82, 2.24) is 15.1 Å². The highest BCUT2D eigenvalue weighted by Gasteiger charge is 2.16. The number of hydrogen-bond acceptors (Lipinski definition) is 4. The quantitative estimate of drug-likeness (QED) is 0.649. The minimum atomic E-state index is -0.141. The molecule has 1 fully saturated rings. The summed E-state index contributed by atoms with van der Waals surface area (Å²) in [6.45, 7) is 2.61. The molecule has 0 saturated heterocycles. The van der Waals surface area contributed by atoms with Crippen LogP contribution in [-0.2, 0) is 11.3 Å². The predicted octanol–water partition coefficient (Wildman–Crippen LogP) is 1.76. The van der Waals surface area contributed by atoms with Crippen LogP contribution in [0.4, 0.5) is 5.69 Å². The molecule has 1 unspecified atom stereocenters. The summed E-state index contributed by atoms with van der Waals surface area (Å²) < 4.78 is 1.61. The number of amides is 1. The van der Waals surface area contributed by atoms with E-state index in [1.54, 1.807) is 10.9 Å². The van der Waals surface area contributed by atoms with E-state index in [0.29, 0.717) is 6.04 Å². The van der Waals surface area contributed by atoms with E-state index in [9.17, 15) is 4.79 Å². The van der Waals surface area contributed by atoms with E-state index in [2.05, 4.69) is 22.7 Å². The van der Waals surface area contributed by atoms with Crippen LogP contribution in [0.2, 0.25) is 0 Å². The van der Waals surface area contributed by atoms with Crippen LogP contribution in [0.25, 0.3) is 0 Å². The van der Waals surface area contributed by atoms with Gasteiger partial charge in [0.15, 0.2) is 0 Å². The smallest absolute Gasteiger partial charge is 0.241 e. The molecular weight excluding hydrogens is 280 g/mol. The number of hydrogen-bond donors (Lipinski definition) is 3. The van der Waals surface area contributed by atoms with Crippen molar-refractivity contribution >= 4 is 11.6 Å². The van der Waals surface area contributed by atoms with Crippen LogP contribution in [0.15, 0.2) is 12.4 Å². The Morgan fingerprint density at radius 2 is 2.27 bits per heavy atom. The zero-order valence-corrected chi connectivity index (χ0v) is 13.4. The molecule has 0 aliphatic heterocycles. The first-order chi connectivity index (χ1) is 10.7. The standard InChI is InChI=1S/C16H28N4O2/c1-13(6-7-14-4-2-3-5-14)19-15-10-18-20(11-15)12-16(22)17-8-9-21/h10-11,13-14,19,21H,2-9,12H2,1H3,(H,17,22). The molecule has 1 heterocycles. The minimum absolute atomic E-state index is 0.0455. The van der Waals surface area contributed by atoms with E-state index in [1.807, 2.05) is 6.20 Å². The zero-order valence-electron chi connectivity index (χ0n) is 13.4. The third-order valence-corrected chi connectivity index (χ3v) is 4.27. The number of aliphatic hydroxyl groups is 1. The van der Waals surface area contributed by atoms with Crippen LogP contribution >= 0.6 is 0 Å². The Bertz CT molecular complexity index is 455. The maximum Gasteiger partial charge on any atom is 0.241 e. The summed E-state index contributed by atoms with van der Waals surface area (Å²) in [5.41, 5.74) is 0.953. The van der Waals surface area contributed by atoms with Gasteiger partial charge in [0.25, 0.3) is 0 Å². The van der Waals surface area contributed by atoms with Gasteiger partial charge in [-0.05, 0) is 25.7 Å². The van der Waals surface area contributed by atoms with Gasteiger partial charge in [-0.25, -0.2) is 0 Å². The summed E-state index contributed by atoms with van der Waals surface area (Å²) in [5, 5.41) is 18.9. The van der Waals surface area contributed by atoms with Gasteiger partial charge in [-0.15, -0.1) is 0 Å². The van der Waals surface area contributed by atoms with Gasteiger partial charge >= 0.3 is 0 Å². The third-order valence-electron chi connectivity index (χ3n) is 4.27. The summed E-state index contributed by atoms with van der Waals surface area (Å²) in [6.07, 6.45) is 11.7. The van der Waals surface area contributed by atoms with E-state index in [0.717, 1.165) is 11.6 Å². The van der Waals surface area contributed by atoms with Crippen LogP contribution in [0.5, 0.6) is 0 Å². The lowest BCUT2D eigenvalue weighted by atomic mass is 9.99. The van der Waals surface area contributed by atoms with E-state index in [4.69, 9.17) is 5.11 Å². The molecule has 1 atom stereocenters. The molecular formula is C16H28N4O2. The van der Waals surface area contributed by atoms with E-state index >= 15 is 0 Å². The van der Waals surface area contributed by atoms with Crippen LogP contribution < -0.4 is 10.6 Å². The average molecular weight is 308 g/mol. The van der Waals surface area contributed by atoms with Crippen molar-refractivity contribution in [2.45, 2.75) is 58.0 Å². The topological polar surface area (TPSA) is 79.2 Å². The Balaban J connectivity index is 1.70. The highest BCUT2D eigenvalue weighted by atomic mass is 16.3. The lowest BCUT2D eigenvalue weighted by Crippen LogP contribution is -2.30. The molecule has 3 N–H and O–H groups in total. The molecule has 1 saturated carbocycles. The normalized spacial score (nSPS) is 16.6. The van der Waals surface area contributed by atoms with Crippen molar-refractivity contribution in [3.8, 4) is 0 Å². The summed E-state index contributed by atoms with van der Waals surface area (Å²) >= 11 is 0. The number of nitrogens with one attached hydrogen (secondary N) is 2. The summed E-state index contributed by atoms with van der Waals surface area (Å²) in [5.74, 6) is 0.778. The molecule has 0 aromatic carbocycles. The van der Waals surface area contributed by atoms with Gasteiger partial charge in [-0.1, -0.05) is 25.7 Å². The molecule has 6 heteroatoms. The number of nitrogens with zero attached hydrogens (tertiary/aromatic N) is 2. The number of carbonyl (C=O) groups excluding carboxylic acids is 1. The molecule has 1 aromatic heterocycles. The van der Waals surface area contributed by atoms with Gasteiger partial charge in [-0.3, -0.25) is 9.48 Å². The van der Waals surface area contributed by atoms with Crippen molar-refractivity contribution in [2.75, 3.05) is 18.5 Å². The Hall–Kier alpha value is -1.56. The molecule has 0 spiro atoms. The lowest BCUT2D eigenvalue weighted by molar-refractivity contribution is -0.122. The summed E-state index contributed by atoms with van der Waals surface area (Å²) in [4.78, 5) is 11.5. The molecule has 1 aliphatic carbocycles. The zero-order chi connectivity index (χ0) is 15.8. The highest BCUT2D eigenvalue weighted by molar-refractivity contribution is 5.75. The van der Waals surface area contributed by atoms with Gasteiger partial charge in [0, 0.05) is 18.8 Å². The molecule has 1 aliphatic rings. The fraction of sp³-hybridized carbons (Fsp3) is 0.750. The molecule has 0 bridgehead atoms. The molecule has 2 rings (SSSR count). The molecule has 1 amide bonds. The maximum atomic E-state index is 11.5. The second-order valence-electron chi connectivity index (χ2n) is 6.27. The Morgan fingerprint density at radius 3 is 3.00 bits per heavy atom. The van der Waals surface area contributed by atoms with Gasteiger partial charge in [0.2, 0.25) is 5.91 Å². The number of aliphatic hydroxyl groups excluding tert-OH is 1. The van der Waals surface area contributed by atoms with Crippen molar-refractivity contribution in [1.29, 1.82) is 0 Å². The highest BCUT2D eigenvalue weighted by Crippen LogP contribution is 2.29. The largest absolute Gasteiger partial charge is 0.395 e. The molecule has 6 nitrogen and oxygen atoms in total. The summed E-state index contributed by atoms with van der Waals surface area (Å²) in [7, 11) is 0. The van der Waals surface area contributed by atoms with Gasteiger partial charge < -0.3 is 15.7 Å². The molecule has 1 aromatic rings. The minimum Gasteiger partial charge on any atom is -0.395 e. The van der Waals surface area contributed by atoms with Crippen molar-refractivity contribution in [3.63, 3.8) is 0 Å². The van der Waals surface area contributed by atoms with Crippen molar-refractivity contribution in [2.24, 2.45) is 5.92 Å². The van der Waals surface area contributed by atoms with Crippen LogP contribution in [0, 0.1) is 5.92 Å². The van der Waals surface area contributed by atoms with Gasteiger partial charge in [0.05, 0.1) is 18.5 Å². The SMILES string of the molecule is CC(CCC1CCCC1)Nc1cnn(CC(=O)NCCO)c1. The summed E-state index contributed by atoms with van der Waals surface area (Å²) in [6, 6.07) is 0.418. The Labute approximate surface area is 132 Å².